The molecule has 0 fully saturated rings. The Bertz CT molecular complexity index is 852. The Kier molecular flexibility index (Phi) is 5.61. The Balaban J connectivity index is 1.63. The summed E-state index contributed by atoms with van der Waals surface area (Å²) in [5.74, 6) is 0.819. The van der Waals surface area contributed by atoms with Gasteiger partial charge in [0, 0.05) is 23.7 Å². The lowest BCUT2D eigenvalue weighted by molar-refractivity contribution is 0.303. The third-order valence-electron chi connectivity index (χ3n) is 5.52. The third kappa shape index (κ3) is 4.26. The van der Waals surface area contributed by atoms with E-state index in [0.717, 1.165) is 35.7 Å². The van der Waals surface area contributed by atoms with Gasteiger partial charge in [-0.3, -0.25) is 0 Å². The number of hydrogen-bond donors (Lipinski definition) is 2. The first kappa shape index (κ1) is 17.9. The van der Waals surface area contributed by atoms with Gasteiger partial charge in [-0.25, -0.2) is 4.99 Å². The van der Waals surface area contributed by atoms with Gasteiger partial charge in [0.2, 0.25) is 0 Å². The number of hydrogen-bond acceptors (Lipinski definition) is 2. The number of aromatic amines is 2. The summed E-state index contributed by atoms with van der Waals surface area (Å²) >= 11 is 0. The van der Waals surface area contributed by atoms with Crippen molar-refractivity contribution >= 4 is 11.8 Å². The first-order valence-electron chi connectivity index (χ1n) is 10.2. The molecule has 0 spiro atoms. The van der Waals surface area contributed by atoms with Crippen LogP contribution in [0.25, 0.3) is 6.08 Å². The molecule has 2 N–H and O–H groups in total. The molecule has 2 bridgehead atoms. The van der Waals surface area contributed by atoms with E-state index in [1.807, 2.05) is 24.4 Å². The van der Waals surface area contributed by atoms with Gasteiger partial charge in [0.25, 0.3) is 0 Å². The zero-order valence-electron chi connectivity index (χ0n) is 16.2. The second-order valence-electron chi connectivity index (χ2n) is 7.53. The van der Waals surface area contributed by atoms with Crippen molar-refractivity contribution in [3.63, 3.8) is 0 Å². The molecule has 2 aliphatic rings. The maximum Gasteiger partial charge on any atom is 0.146 e. The zero-order valence-corrected chi connectivity index (χ0v) is 16.2. The van der Waals surface area contributed by atoms with Crippen LogP contribution >= 0.6 is 0 Å². The van der Waals surface area contributed by atoms with Gasteiger partial charge in [-0.2, -0.15) is 0 Å². The Hall–Kier alpha value is -2.49. The molecule has 0 unspecified atom stereocenters. The highest BCUT2D eigenvalue weighted by molar-refractivity contribution is 6.11. The van der Waals surface area contributed by atoms with Crippen LogP contribution < -0.4 is 0 Å². The molecule has 0 aromatic carbocycles. The van der Waals surface area contributed by atoms with Gasteiger partial charge in [0.15, 0.2) is 0 Å². The van der Waals surface area contributed by atoms with Gasteiger partial charge in [0.1, 0.15) is 11.5 Å². The third-order valence-corrected chi connectivity index (χ3v) is 5.52. The number of nitrogens with one attached hydrogen (secondary N) is 2. The van der Waals surface area contributed by atoms with Crippen LogP contribution in [0, 0.1) is 0 Å². The maximum atomic E-state index is 5.59. The smallest absolute Gasteiger partial charge is 0.146 e. The zero-order chi connectivity index (χ0) is 18.5. The molecule has 2 aromatic rings. The molecule has 1 aliphatic carbocycles. The Morgan fingerprint density at radius 2 is 1.81 bits per heavy atom. The molecule has 4 rings (SSSR count). The van der Waals surface area contributed by atoms with Crippen LogP contribution in [0.2, 0.25) is 0 Å². The summed E-state index contributed by atoms with van der Waals surface area (Å²) in [5, 5.41) is 0. The van der Waals surface area contributed by atoms with Crippen molar-refractivity contribution in [3.8, 4) is 0 Å². The van der Waals surface area contributed by atoms with Gasteiger partial charge >= 0.3 is 0 Å². The van der Waals surface area contributed by atoms with E-state index in [9.17, 15) is 0 Å². The number of nitrogens with zero attached hydrogens (tertiary/aromatic N) is 1. The molecule has 142 valence electrons. The predicted molar refractivity (Wildman–Crippen MR) is 111 cm³/mol. The van der Waals surface area contributed by atoms with Gasteiger partial charge in [-0.1, -0.05) is 32.1 Å². The van der Waals surface area contributed by atoms with Crippen molar-refractivity contribution in [2.24, 2.45) is 4.99 Å². The Labute approximate surface area is 161 Å². The van der Waals surface area contributed by atoms with Crippen LogP contribution in [-0.2, 0) is 17.6 Å². The summed E-state index contributed by atoms with van der Waals surface area (Å²) in [7, 11) is 1.71. The van der Waals surface area contributed by atoms with E-state index in [4.69, 9.17) is 9.73 Å². The number of fused-ring (bicyclic) bond motifs is 2. The topological polar surface area (TPSA) is 53.2 Å². The fraction of sp³-hybridized carbons (Fsp3) is 0.435. The molecule has 27 heavy (non-hydrogen) atoms. The normalized spacial score (nSPS) is 20.0. The minimum atomic E-state index is 0.819. The molecule has 0 atom stereocenters. The van der Waals surface area contributed by atoms with Crippen LogP contribution in [0.4, 0.5) is 0 Å². The van der Waals surface area contributed by atoms with Crippen LogP contribution in [0.5, 0.6) is 0 Å². The number of allylic oxidation sites excluding steroid dienone is 1. The van der Waals surface area contributed by atoms with E-state index in [1.54, 1.807) is 7.11 Å². The molecule has 4 nitrogen and oxygen atoms in total. The molecule has 0 saturated carbocycles. The second-order valence-corrected chi connectivity index (χ2v) is 7.53. The van der Waals surface area contributed by atoms with E-state index in [1.165, 1.54) is 61.9 Å². The van der Waals surface area contributed by atoms with Gasteiger partial charge in [-0.15, -0.1) is 0 Å². The summed E-state index contributed by atoms with van der Waals surface area (Å²) in [6, 6.07) is 6.39. The molecular weight excluding hydrogens is 334 g/mol. The first-order chi connectivity index (χ1) is 13.3. The number of ether oxygens (including phenoxy) is 1. The molecule has 1 aliphatic heterocycles. The van der Waals surface area contributed by atoms with E-state index in [0.29, 0.717) is 0 Å². The van der Waals surface area contributed by atoms with Gasteiger partial charge in [-0.05, 0) is 55.5 Å². The highest BCUT2D eigenvalue weighted by Crippen LogP contribution is 2.27. The largest absolute Gasteiger partial charge is 0.494 e. The van der Waals surface area contributed by atoms with Gasteiger partial charge < -0.3 is 14.7 Å². The van der Waals surface area contributed by atoms with Crippen LogP contribution in [-0.4, -0.2) is 22.8 Å². The number of rotatable bonds is 3. The lowest BCUT2D eigenvalue weighted by Crippen LogP contribution is -1.93. The van der Waals surface area contributed by atoms with Crippen molar-refractivity contribution in [1.29, 1.82) is 0 Å². The molecule has 0 radical (unpaired) electrons. The fourth-order valence-corrected chi connectivity index (χ4v) is 4.01. The molecule has 0 amide bonds. The van der Waals surface area contributed by atoms with Crippen LogP contribution in [0.3, 0.4) is 0 Å². The number of aliphatic imine (C=N–C) groups is 1. The van der Waals surface area contributed by atoms with Crippen molar-refractivity contribution in [3.05, 3.63) is 64.6 Å². The number of aromatic nitrogens is 2. The Morgan fingerprint density at radius 1 is 1.04 bits per heavy atom. The molecule has 0 saturated heterocycles. The second kappa shape index (κ2) is 8.47. The van der Waals surface area contributed by atoms with Crippen molar-refractivity contribution in [2.45, 2.75) is 57.8 Å². The lowest BCUT2D eigenvalue weighted by atomic mass is 10.0. The highest BCUT2D eigenvalue weighted by Gasteiger charge is 2.18. The van der Waals surface area contributed by atoms with Crippen molar-refractivity contribution in [1.82, 2.24) is 9.97 Å². The van der Waals surface area contributed by atoms with E-state index >= 15 is 0 Å². The Morgan fingerprint density at radius 3 is 2.56 bits per heavy atom. The van der Waals surface area contributed by atoms with E-state index in [-0.39, 0.29) is 0 Å². The summed E-state index contributed by atoms with van der Waals surface area (Å²) in [6.45, 7) is 0. The average molecular weight is 364 g/mol. The number of H-pyrrole nitrogens is 2. The van der Waals surface area contributed by atoms with Crippen LogP contribution in [0.15, 0.2) is 46.9 Å². The quantitative estimate of drug-likeness (QED) is 0.738. The van der Waals surface area contributed by atoms with Gasteiger partial charge in [0.05, 0.1) is 18.5 Å². The molecule has 4 heteroatoms. The first-order valence-corrected chi connectivity index (χ1v) is 10.2. The summed E-state index contributed by atoms with van der Waals surface area (Å²) in [6.07, 6.45) is 17.7. The molecular formula is C23H29N3O. The molecule has 2 aromatic heterocycles. The monoisotopic (exact) mass is 363 g/mol. The predicted octanol–water partition coefficient (Wildman–Crippen LogP) is 5.55. The summed E-state index contributed by atoms with van der Waals surface area (Å²) in [5.41, 5.74) is 6.78. The van der Waals surface area contributed by atoms with Crippen LogP contribution in [0.1, 0.15) is 67.6 Å². The number of aryl methyl sites for hydroxylation is 2. The maximum absolute atomic E-state index is 5.59. The van der Waals surface area contributed by atoms with E-state index in [2.05, 4.69) is 22.1 Å². The standard InChI is InChI=1S/C23H29N3O/c1-27-23-16-21(19-12-9-13-24-19)26-22(23)15-20-17-10-7-5-3-2-4-6-8-11-18(14-17)25-20/h9,12-16,24-25H,2-8,10-11H2,1H3/b22-15+. The minimum absolute atomic E-state index is 0.819. The lowest BCUT2D eigenvalue weighted by Gasteiger charge is -2.04. The summed E-state index contributed by atoms with van der Waals surface area (Å²) in [4.78, 5) is 11.7. The van der Waals surface area contributed by atoms with Crippen molar-refractivity contribution < 1.29 is 4.74 Å². The molecule has 3 heterocycles. The SMILES string of the molecule is COC1=CC(c2ccc[nH]2)=N/C1=C/c1[nH]c2cc1CCCCCCCCC2. The fourth-order valence-electron chi connectivity index (χ4n) is 4.01. The van der Waals surface area contributed by atoms with E-state index < -0.39 is 0 Å². The highest BCUT2D eigenvalue weighted by atomic mass is 16.5. The number of methoxy groups -OCH3 is 1. The summed E-state index contributed by atoms with van der Waals surface area (Å²) < 4.78 is 5.59. The average Bonchev–Trinajstić information content (AvgIpc) is 3.39. The minimum Gasteiger partial charge on any atom is -0.494 e. The van der Waals surface area contributed by atoms with Crippen molar-refractivity contribution in [2.75, 3.05) is 7.11 Å².